The van der Waals surface area contributed by atoms with E-state index in [4.69, 9.17) is 0 Å². The van der Waals surface area contributed by atoms with Gasteiger partial charge in [0.05, 0.1) is 4.90 Å². The quantitative estimate of drug-likeness (QED) is 0.800. The minimum atomic E-state index is -3.24. The number of hydrogen-bond donors (Lipinski definition) is 0. The van der Waals surface area contributed by atoms with Gasteiger partial charge in [-0.1, -0.05) is 18.2 Å². The first-order valence-corrected chi connectivity index (χ1v) is 7.18. The van der Waals surface area contributed by atoms with Crippen molar-refractivity contribution in [1.82, 2.24) is 0 Å². The third-order valence-corrected chi connectivity index (χ3v) is 3.97. The number of carbonyl (C=O) groups excluding carboxylic acids is 1. The molecule has 1 aliphatic carbocycles. The zero-order chi connectivity index (χ0) is 11.8. The van der Waals surface area contributed by atoms with E-state index in [1.54, 1.807) is 24.3 Å². The summed E-state index contributed by atoms with van der Waals surface area (Å²) < 4.78 is 23.0. The van der Waals surface area contributed by atoms with E-state index in [0.717, 1.165) is 12.8 Å². The van der Waals surface area contributed by atoms with E-state index >= 15 is 0 Å². The van der Waals surface area contributed by atoms with Gasteiger partial charge >= 0.3 is 0 Å². The van der Waals surface area contributed by atoms with Crippen molar-refractivity contribution in [2.24, 2.45) is 5.92 Å². The van der Waals surface area contributed by atoms with E-state index in [1.165, 1.54) is 6.26 Å². The molecule has 4 heteroatoms. The summed E-state index contributed by atoms with van der Waals surface area (Å²) in [5.41, 5.74) is 0.627. The van der Waals surface area contributed by atoms with Crippen molar-refractivity contribution in [3.63, 3.8) is 0 Å². The molecule has 1 fully saturated rings. The van der Waals surface area contributed by atoms with E-state index in [9.17, 15) is 13.2 Å². The Kier molecular flexibility index (Phi) is 2.84. The molecule has 86 valence electrons. The molecule has 3 nitrogen and oxygen atoms in total. The molecule has 0 unspecified atom stereocenters. The highest BCUT2D eigenvalue weighted by molar-refractivity contribution is 7.90. The van der Waals surface area contributed by atoms with Crippen LogP contribution in [0.15, 0.2) is 29.2 Å². The highest BCUT2D eigenvalue weighted by Crippen LogP contribution is 2.31. The second kappa shape index (κ2) is 4.01. The Hall–Kier alpha value is -1.16. The first-order chi connectivity index (χ1) is 7.48. The van der Waals surface area contributed by atoms with Gasteiger partial charge in [-0.25, -0.2) is 8.42 Å². The van der Waals surface area contributed by atoms with Crippen molar-refractivity contribution >= 4 is 15.6 Å². The molecule has 16 heavy (non-hydrogen) atoms. The topological polar surface area (TPSA) is 51.2 Å². The first kappa shape index (κ1) is 11.3. The summed E-state index contributed by atoms with van der Waals surface area (Å²) in [4.78, 5) is 11.9. The van der Waals surface area contributed by atoms with Crippen molar-refractivity contribution in [2.75, 3.05) is 6.26 Å². The molecule has 0 aliphatic heterocycles. The van der Waals surface area contributed by atoms with Crippen LogP contribution in [0.3, 0.4) is 0 Å². The lowest BCUT2D eigenvalue weighted by molar-refractivity contribution is -0.119. The first-order valence-electron chi connectivity index (χ1n) is 5.29. The molecule has 0 radical (unpaired) electrons. The molecule has 1 saturated carbocycles. The van der Waals surface area contributed by atoms with Crippen LogP contribution >= 0.6 is 0 Å². The lowest BCUT2D eigenvalue weighted by Gasteiger charge is -2.06. The summed E-state index contributed by atoms with van der Waals surface area (Å²) in [5, 5.41) is 0. The fourth-order valence-electron chi connectivity index (χ4n) is 1.75. The Morgan fingerprint density at radius 1 is 1.31 bits per heavy atom. The predicted molar refractivity (Wildman–Crippen MR) is 61.0 cm³/mol. The molecule has 0 bridgehead atoms. The maximum atomic E-state index is 11.7. The molecule has 0 amide bonds. The molecular formula is C12H14O3S. The number of hydrogen-bond acceptors (Lipinski definition) is 3. The van der Waals surface area contributed by atoms with Crippen LogP contribution in [0.1, 0.15) is 18.4 Å². The summed E-state index contributed by atoms with van der Waals surface area (Å²) >= 11 is 0. The number of benzene rings is 1. The number of sulfone groups is 1. The Bertz CT molecular complexity index is 513. The molecule has 1 aromatic rings. The van der Waals surface area contributed by atoms with Crippen LogP contribution in [0.4, 0.5) is 0 Å². The van der Waals surface area contributed by atoms with Crippen molar-refractivity contribution in [3.8, 4) is 0 Å². The average molecular weight is 238 g/mol. The average Bonchev–Trinajstić information content (AvgIpc) is 2.99. The zero-order valence-corrected chi connectivity index (χ0v) is 9.96. The smallest absolute Gasteiger partial charge is 0.175 e. The van der Waals surface area contributed by atoms with Gasteiger partial charge in [0.1, 0.15) is 5.78 Å². The summed E-state index contributed by atoms with van der Waals surface area (Å²) in [6.07, 6.45) is 3.33. The van der Waals surface area contributed by atoms with E-state index in [1.807, 2.05) is 0 Å². The van der Waals surface area contributed by atoms with Crippen LogP contribution in [0.2, 0.25) is 0 Å². The molecular weight excluding hydrogens is 224 g/mol. The number of Topliss-reactive ketones (excluding diaryl/α,β-unsaturated/α-hetero) is 1. The molecule has 0 heterocycles. The standard InChI is InChI=1S/C12H14O3S/c1-16(14,15)12-5-3-2-4-10(12)8-11(13)9-6-7-9/h2-5,9H,6-8H2,1H3. The summed E-state index contributed by atoms with van der Waals surface area (Å²) in [6.45, 7) is 0. The number of ketones is 1. The van der Waals surface area contributed by atoms with Gasteiger partial charge in [-0.05, 0) is 24.5 Å². The van der Waals surface area contributed by atoms with Crippen molar-refractivity contribution in [1.29, 1.82) is 0 Å². The van der Waals surface area contributed by atoms with Crippen molar-refractivity contribution < 1.29 is 13.2 Å². The third kappa shape index (κ3) is 2.50. The van der Waals surface area contributed by atoms with Gasteiger partial charge in [0.2, 0.25) is 0 Å². The minimum absolute atomic E-state index is 0.163. The molecule has 0 saturated heterocycles. The van der Waals surface area contributed by atoms with Gasteiger partial charge in [-0.2, -0.15) is 0 Å². The second-order valence-electron chi connectivity index (χ2n) is 4.30. The number of rotatable bonds is 4. The van der Waals surface area contributed by atoms with Gasteiger partial charge in [0, 0.05) is 18.6 Å². The van der Waals surface area contributed by atoms with E-state index in [2.05, 4.69) is 0 Å². The summed E-state index contributed by atoms with van der Waals surface area (Å²) in [7, 11) is -3.24. The van der Waals surface area contributed by atoms with Crippen LogP contribution in [0, 0.1) is 5.92 Å². The van der Waals surface area contributed by atoms with Gasteiger partial charge < -0.3 is 0 Å². The highest BCUT2D eigenvalue weighted by Gasteiger charge is 2.30. The molecule has 0 spiro atoms. The SMILES string of the molecule is CS(=O)(=O)c1ccccc1CC(=O)C1CC1. The molecule has 0 atom stereocenters. The lowest BCUT2D eigenvalue weighted by Crippen LogP contribution is -2.09. The minimum Gasteiger partial charge on any atom is -0.299 e. The molecule has 2 rings (SSSR count). The van der Waals surface area contributed by atoms with Crippen LogP contribution in [-0.4, -0.2) is 20.5 Å². The van der Waals surface area contributed by atoms with Gasteiger partial charge in [0.25, 0.3) is 0 Å². The highest BCUT2D eigenvalue weighted by atomic mass is 32.2. The zero-order valence-electron chi connectivity index (χ0n) is 9.14. The maximum absolute atomic E-state index is 11.7. The number of carbonyl (C=O) groups is 1. The summed E-state index contributed by atoms with van der Waals surface area (Å²) in [5.74, 6) is 0.337. The van der Waals surface area contributed by atoms with E-state index in [0.29, 0.717) is 5.56 Å². The van der Waals surface area contributed by atoms with E-state index in [-0.39, 0.29) is 23.0 Å². The molecule has 0 N–H and O–H groups in total. The van der Waals surface area contributed by atoms with Crippen LogP contribution in [0.25, 0.3) is 0 Å². The monoisotopic (exact) mass is 238 g/mol. The maximum Gasteiger partial charge on any atom is 0.175 e. The van der Waals surface area contributed by atoms with E-state index < -0.39 is 9.84 Å². The Morgan fingerprint density at radius 2 is 1.94 bits per heavy atom. The second-order valence-corrected chi connectivity index (χ2v) is 6.28. The Labute approximate surface area is 95.4 Å². The Morgan fingerprint density at radius 3 is 2.50 bits per heavy atom. The van der Waals surface area contributed by atoms with Gasteiger partial charge in [-0.3, -0.25) is 4.79 Å². The molecule has 1 aliphatic rings. The lowest BCUT2D eigenvalue weighted by atomic mass is 10.1. The fourth-order valence-corrected chi connectivity index (χ4v) is 2.69. The van der Waals surface area contributed by atoms with Crippen LogP contribution in [0.5, 0.6) is 0 Å². The van der Waals surface area contributed by atoms with Crippen LogP contribution < -0.4 is 0 Å². The molecule has 1 aromatic carbocycles. The van der Waals surface area contributed by atoms with Crippen molar-refractivity contribution in [3.05, 3.63) is 29.8 Å². The largest absolute Gasteiger partial charge is 0.299 e. The summed E-state index contributed by atoms with van der Waals surface area (Å²) in [6, 6.07) is 6.73. The normalized spacial score (nSPS) is 16.1. The fraction of sp³-hybridized carbons (Fsp3) is 0.417. The van der Waals surface area contributed by atoms with Crippen molar-refractivity contribution in [2.45, 2.75) is 24.2 Å². The van der Waals surface area contributed by atoms with Gasteiger partial charge in [-0.15, -0.1) is 0 Å². The van der Waals surface area contributed by atoms with Gasteiger partial charge in [0.15, 0.2) is 9.84 Å². The molecule has 0 aromatic heterocycles. The Balaban J connectivity index is 2.29. The predicted octanol–water partition coefficient (Wildman–Crippen LogP) is 1.61. The van der Waals surface area contributed by atoms with Crippen LogP contribution in [-0.2, 0) is 21.1 Å². The third-order valence-electron chi connectivity index (χ3n) is 2.77.